The molecule has 0 radical (unpaired) electrons. The van der Waals surface area contributed by atoms with Crippen LogP contribution in [-0.2, 0) is 28.7 Å². The van der Waals surface area contributed by atoms with Crippen LogP contribution in [0.4, 0.5) is 0 Å². The Morgan fingerprint density at radius 2 is 1.91 bits per heavy atom. The predicted octanol–water partition coefficient (Wildman–Crippen LogP) is 3.38. The molecule has 43 heavy (non-hydrogen) atoms. The Morgan fingerprint density at radius 1 is 1.21 bits per heavy atom. The third-order valence-electron chi connectivity index (χ3n) is 8.86. The van der Waals surface area contributed by atoms with Gasteiger partial charge in [0.2, 0.25) is 17.7 Å². The second-order valence-electron chi connectivity index (χ2n) is 14.2. The van der Waals surface area contributed by atoms with Crippen molar-refractivity contribution < 1.29 is 33.8 Å². The van der Waals surface area contributed by atoms with E-state index in [0.29, 0.717) is 45.1 Å². The van der Waals surface area contributed by atoms with Crippen LogP contribution >= 0.6 is 0 Å². The summed E-state index contributed by atoms with van der Waals surface area (Å²) < 4.78 is 12.3. The van der Waals surface area contributed by atoms with Gasteiger partial charge in [-0.15, -0.1) is 13.2 Å². The van der Waals surface area contributed by atoms with Gasteiger partial charge in [0, 0.05) is 31.7 Å². The fraction of sp³-hybridized carbons (Fsp3) is 0.758. The standard InChI is InChI=1S/C33H53N3O7/c1-9-11-14-24(38)34-20-22(3)42-30(41)25-23-15-16-33(43-23)26(25)28(39)35(18-12-13-19-37)27(33)29(40)36(17-10-2)32(7,8)21-31(4,5)6/h9-10,22-23,25-27,37H,1-2,11-21H2,3-8H3,(H,34,38)/t22-,23+,25-,26-,27+,33-/m0/s1. The van der Waals surface area contributed by atoms with Crippen LogP contribution in [0.3, 0.4) is 0 Å². The summed E-state index contributed by atoms with van der Waals surface area (Å²) in [5.74, 6) is -2.87. The molecule has 0 aliphatic carbocycles. The molecule has 10 heteroatoms. The highest BCUT2D eigenvalue weighted by atomic mass is 16.6. The average molecular weight is 604 g/mol. The number of hydrogen-bond acceptors (Lipinski definition) is 7. The van der Waals surface area contributed by atoms with Crippen molar-refractivity contribution in [1.29, 1.82) is 0 Å². The van der Waals surface area contributed by atoms with Crippen molar-refractivity contribution in [3.8, 4) is 0 Å². The Balaban J connectivity index is 1.90. The molecule has 242 valence electrons. The highest BCUT2D eigenvalue weighted by Crippen LogP contribution is 2.59. The first-order chi connectivity index (χ1) is 20.1. The van der Waals surface area contributed by atoms with Gasteiger partial charge >= 0.3 is 5.97 Å². The Hall–Kier alpha value is -2.72. The lowest BCUT2D eigenvalue weighted by atomic mass is 9.70. The van der Waals surface area contributed by atoms with Crippen molar-refractivity contribution in [3.63, 3.8) is 0 Å². The first kappa shape index (κ1) is 34.8. The number of carbonyl (C=O) groups excluding carboxylic acids is 4. The number of fused-ring (bicyclic) bond motifs is 1. The lowest BCUT2D eigenvalue weighted by Crippen LogP contribution is -2.61. The Morgan fingerprint density at radius 3 is 2.51 bits per heavy atom. The number of hydrogen-bond donors (Lipinski definition) is 2. The van der Waals surface area contributed by atoms with E-state index in [1.54, 1.807) is 28.9 Å². The van der Waals surface area contributed by atoms with Gasteiger partial charge in [0.05, 0.1) is 24.5 Å². The molecular formula is C33H53N3O7. The minimum atomic E-state index is -1.14. The van der Waals surface area contributed by atoms with Gasteiger partial charge < -0.3 is 29.7 Å². The highest BCUT2D eigenvalue weighted by molar-refractivity contribution is 5.98. The predicted molar refractivity (Wildman–Crippen MR) is 164 cm³/mol. The molecule has 2 N–H and O–H groups in total. The normalized spacial score (nSPS) is 27.0. The number of carbonyl (C=O) groups is 4. The first-order valence-electron chi connectivity index (χ1n) is 15.7. The van der Waals surface area contributed by atoms with Crippen LogP contribution in [0.1, 0.15) is 86.5 Å². The fourth-order valence-electron chi connectivity index (χ4n) is 7.54. The minimum absolute atomic E-state index is 0.0219. The van der Waals surface area contributed by atoms with Crippen LogP contribution in [-0.4, -0.2) is 94.2 Å². The van der Waals surface area contributed by atoms with Crippen LogP contribution in [0.25, 0.3) is 0 Å². The third kappa shape index (κ3) is 7.51. The van der Waals surface area contributed by atoms with Crippen LogP contribution in [0.2, 0.25) is 0 Å². The van der Waals surface area contributed by atoms with Crippen molar-refractivity contribution in [2.45, 2.75) is 116 Å². The quantitative estimate of drug-likeness (QED) is 0.157. The number of ether oxygens (including phenoxy) is 2. The number of unbranched alkanes of at least 4 members (excludes halogenated alkanes) is 1. The highest BCUT2D eigenvalue weighted by Gasteiger charge is 2.75. The number of aliphatic hydroxyl groups excluding tert-OH is 1. The Kier molecular flexibility index (Phi) is 11.3. The van der Waals surface area contributed by atoms with E-state index in [1.807, 2.05) is 13.8 Å². The number of esters is 1. The van der Waals surface area contributed by atoms with E-state index in [9.17, 15) is 24.3 Å². The second-order valence-corrected chi connectivity index (χ2v) is 14.2. The van der Waals surface area contributed by atoms with Gasteiger partial charge in [-0.05, 0) is 64.7 Å². The van der Waals surface area contributed by atoms with Gasteiger partial charge in [-0.3, -0.25) is 19.2 Å². The van der Waals surface area contributed by atoms with E-state index >= 15 is 0 Å². The van der Waals surface area contributed by atoms with Gasteiger partial charge in [0.25, 0.3) is 0 Å². The van der Waals surface area contributed by atoms with Crippen LogP contribution < -0.4 is 5.32 Å². The summed E-state index contributed by atoms with van der Waals surface area (Å²) in [4.78, 5) is 57.8. The number of allylic oxidation sites excluding steroid dienone is 1. The number of nitrogens with zero attached hydrogens (tertiary/aromatic N) is 2. The number of nitrogens with one attached hydrogen (secondary N) is 1. The maximum Gasteiger partial charge on any atom is 0.312 e. The largest absolute Gasteiger partial charge is 0.460 e. The van der Waals surface area contributed by atoms with Gasteiger partial charge in [0.15, 0.2) is 0 Å². The Labute approximate surface area is 257 Å². The van der Waals surface area contributed by atoms with E-state index in [2.05, 4.69) is 39.2 Å². The summed E-state index contributed by atoms with van der Waals surface area (Å²) in [6.45, 7) is 20.4. The van der Waals surface area contributed by atoms with E-state index < -0.39 is 47.2 Å². The number of aliphatic hydroxyl groups is 1. The van der Waals surface area contributed by atoms with Gasteiger partial charge in [-0.1, -0.05) is 32.9 Å². The maximum absolute atomic E-state index is 14.7. The molecule has 3 saturated heterocycles. The molecule has 0 aromatic rings. The van der Waals surface area contributed by atoms with Crippen LogP contribution in [0.5, 0.6) is 0 Å². The molecule has 3 amide bonds. The Bertz CT molecular complexity index is 1070. The number of likely N-dealkylation sites (tertiary alicyclic amines) is 1. The lowest BCUT2D eigenvalue weighted by Gasteiger charge is -2.45. The molecule has 3 heterocycles. The molecule has 0 saturated carbocycles. The maximum atomic E-state index is 14.7. The van der Waals surface area contributed by atoms with Crippen LogP contribution in [0, 0.1) is 17.3 Å². The molecule has 2 bridgehead atoms. The number of rotatable bonds is 16. The molecule has 3 fully saturated rings. The monoisotopic (exact) mass is 603 g/mol. The molecule has 6 atom stereocenters. The van der Waals surface area contributed by atoms with Crippen LogP contribution in [0.15, 0.2) is 25.3 Å². The third-order valence-corrected chi connectivity index (χ3v) is 8.86. The molecular weight excluding hydrogens is 550 g/mol. The summed E-state index contributed by atoms with van der Waals surface area (Å²) in [5.41, 5.74) is -1.74. The van der Waals surface area contributed by atoms with Crippen molar-refractivity contribution in [3.05, 3.63) is 25.3 Å². The molecule has 0 aromatic heterocycles. The van der Waals surface area contributed by atoms with E-state index in [4.69, 9.17) is 9.47 Å². The van der Waals surface area contributed by atoms with Crippen molar-refractivity contribution in [2.75, 3.05) is 26.2 Å². The fourth-order valence-corrected chi connectivity index (χ4v) is 7.54. The molecule has 1 spiro atoms. The average Bonchev–Trinajstić information content (AvgIpc) is 3.55. The molecule has 10 nitrogen and oxygen atoms in total. The van der Waals surface area contributed by atoms with Gasteiger partial charge in [0.1, 0.15) is 17.7 Å². The summed E-state index contributed by atoms with van der Waals surface area (Å²) in [5, 5.41) is 12.2. The molecule has 3 rings (SSSR count). The van der Waals surface area contributed by atoms with Gasteiger partial charge in [-0.25, -0.2) is 0 Å². The zero-order valence-electron chi connectivity index (χ0n) is 27.0. The summed E-state index contributed by atoms with van der Waals surface area (Å²) in [6, 6.07) is -0.896. The lowest BCUT2D eigenvalue weighted by molar-refractivity contribution is -0.159. The zero-order valence-corrected chi connectivity index (χ0v) is 27.0. The summed E-state index contributed by atoms with van der Waals surface area (Å²) in [7, 11) is 0. The number of amides is 3. The molecule has 3 aliphatic rings. The van der Waals surface area contributed by atoms with Gasteiger partial charge in [-0.2, -0.15) is 0 Å². The van der Waals surface area contributed by atoms with Crippen molar-refractivity contribution >= 4 is 23.7 Å². The molecule has 3 aliphatic heterocycles. The minimum Gasteiger partial charge on any atom is -0.460 e. The molecule has 0 aromatic carbocycles. The van der Waals surface area contributed by atoms with Crippen molar-refractivity contribution in [2.24, 2.45) is 17.3 Å². The second kappa shape index (κ2) is 13.9. The first-order valence-corrected chi connectivity index (χ1v) is 15.7. The van der Waals surface area contributed by atoms with E-state index in [0.717, 1.165) is 6.42 Å². The van der Waals surface area contributed by atoms with Crippen molar-refractivity contribution in [1.82, 2.24) is 15.1 Å². The SMILES string of the molecule is C=CCCC(=O)NC[C@H](C)OC(=O)[C@@H]1[C@H]2C(=O)N(CCCCO)[C@H](C(=O)N(CC=C)C(C)(C)CC(C)(C)C)[C@]23CC[C@H]1O3. The smallest absolute Gasteiger partial charge is 0.312 e. The summed E-state index contributed by atoms with van der Waals surface area (Å²) >= 11 is 0. The topological polar surface area (TPSA) is 125 Å². The zero-order chi connectivity index (χ0) is 32.2. The van der Waals surface area contributed by atoms with E-state index in [1.165, 1.54) is 0 Å². The van der Waals surface area contributed by atoms with E-state index in [-0.39, 0.29) is 42.8 Å². The molecule has 0 unspecified atom stereocenters. The summed E-state index contributed by atoms with van der Waals surface area (Å²) in [6.07, 6.45) is 5.85.